The molecule has 1 saturated carbocycles. The summed E-state index contributed by atoms with van der Waals surface area (Å²) < 4.78 is 5.78. The van der Waals surface area contributed by atoms with E-state index in [-0.39, 0.29) is 23.7 Å². The number of esters is 1. The van der Waals surface area contributed by atoms with Gasteiger partial charge in [-0.1, -0.05) is 38.1 Å². The second kappa shape index (κ2) is 14.3. The fraction of sp³-hybridized carbons (Fsp3) is 0.586. The van der Waals surface area contributed by atoms with Crippen molar-refractivity contribution in [1.29, 1.82) is 0 Å². The number of carbonyl (C=O) groups excluding carboxylic acids is 2. The van der Waals surface area contributed by atoms with Gasteiger partial charge in [0.2, 0.25) is 5.95 Å². The second-order valence-electron chi connectivity index (χ2n) is 11.1. The highest BCUT2D eigenvalue weighted by Crippen LogP contribution is 2.22. The molecule has 10 heteroatoms. The lowest BCUT2D eigenvalue weighted by atomic mass is 10.0. The third-order valence-electron chi connectivity index (χ3n) is 7.53. The summed E-state index contributed by atoms with van der Waals surface area (Å²) in [7, 11) is 0. The number of ether oxygens (including phenoxy) is 1. The number of benzene rings is 1. The summed E-state index contributed by atoms with van der Waals surface area (Å²) in [4.78, 5) is 34.8. The molecule has 2 fully saturated rings. The zero-order valence-corrected chi connectivity index (χ0v) is 23.1. The van der Waals surface area contributed by atoms with Gasteiger partial charge in [-0.25, -0.2) is 15.4 Å². The lowest BCUT2D eigenvalue weighted by molar-refractivity contribution is -0.151. The van der Waals surface area contributed by atoms with Gasteiger partial charge in [0.05, 0.1) is 5.56 Å². The highest BCUT2D eigenvalue weighted by molar-refractivity contribution is 5.92. The van der Waals surface area contributed by atoms with Crippen LogP contribution < -0.4 is 21.0 Å². The largest absolute Gasteiger partial charge is 0.461 e. The number of hydrogen-bond donors (Lipinski definition) is 4. The highest BCUT2D eigenvalue weighted by Gasteiger charge is 2.26. The summed E-state index contributed by atoms with van der Waals surface area (Å²) in [6, 6.07) is 8.67. The van der Waals surface area contributed by atoms with Crippen LogP contribution in [0.2, 0.25) is 0 Å². The van der Waals surface area contributed by atoms with Crippen LogP contribution in [0.5, 0.6) is 0 Å². The number of nitrogens with one attached hydrogen (secondary N) is 3. The van der Waals surface area contributed by atoms with Crippen LogP contribution in [0, 0.1) is 5.92 Å². The van der Waals surface area contributed by atoms with Gasteiger partial charge in [-0.2, -0.15) is 0 Å². The Labute approximate surface area is 230 Å². The van der Waals surface area contributed by atoms with E-state index < -0.39 is 5.91 Å². The van der Waals surface area contributed by atoms with Crippen LogP contribution in [0.3, 0.4) is 0 Å². The molecule has 2 aliphatic rings. The first kappa shape index (κ1) is 28.9. The predicted octanol–water partition coefficient (Wildman–Crippen LogP) is 3.34. The van der Waals surface area contributed by atoms with Crippen LogP contribution >= 0.6 is 0 Å². The quantitative estimate of drug-likeness (QED) is 0.183. The van der Waals surface area contributed by atoms with Crippen LogP contribution in [-0.2, 0) is 22.6 Å². The Morgan fingerprint density at radius 3 is 2.21 bits per heavy atom. The second-order valence-corrected chi connectivity index (χ2v) is 11.1. The first-order chi connectivity index (χ1) is 18.9. The van der Waals surface area contributed by atoms with E-state index in [0.29, 0.717) is 24.5 Å². The maximum Gasteiger partial charge on any atom is 0.323 e. The fourth-order valence-corrected chi connectivity index (χ4v) is 5.22. The summed E-state index contributed by atoms with van der Waals surface area (Å²) in [5.41, 5.74) is 4.18. The van der Waals surface area contributed by atoms with Gasteiger partial charge in [0, 0.05) is 44.6 Å². The molecule has 212 valence electrons. The van der Waals surface area contributed by atoms with Crippen LogP contribution in [0.4, 0.5) is 5.95 Å². The molecule has 0 unspecified atom stereocenters. The molecular formula is C29H42N6O4. The van der Waals surface area contributed by atoms with Gasteiger partial charge in [-0.15, -0.1) is 0 Å². The summed E-state index contributed by atoms with van der Waals surface area (Å²) in [5, 5.41) is 15.8. The van der Waals surface area contributed by atoms with E-state index in [2.05, 4.69) is 63.6 Å². The molecule has 1 aliphatic carbocycles. The van der Waals surface area contributed by atoms with Crippen molar-refractivity contribution in [3.05, 3.63) is 53.3 Å². The van der Waals surface area contributed by atoms with Gasteiger partial charge in [0.1, 0.15) is 12.1 Å². The first-order valence-electron chi connectivity index (χ1n) is 14.2. The number of rotatable bonds is 12. The molecule has 0 spiro atoms. The van der Waals surface area contributed by atoms with Crippen molar-refractivity contribution in [3.63, 3.8) is 0 Å². The maximum absolute atomic E-state index is 12.8. The lowest BCUT2D eigenvalue weighted by Crippen LogP contribution is -2.43. The van der Waals surface area contributed by atoms with Gasteiger partial charge in [-0.05, 0) is 62.0 Å². The smallest absolute Gasteiger partial charge is 0.323 e. The molecule has 1 amide bonds. The molecule has 1 saturated heterocycles. The van der Waals surface area contributed by atoms with Gasteiger partial charge in [0.25, 0.3) is 5.91 Å². The molecule has 1 atom stereocenters. The Hall–Kier alpha value is -3.08. The minimum Gasteiger partial charge on any atom is -0.461 e. The summed E-state index contributed by atoms with van der Waals surface area (Å²) >= 11 is 0. The number of nitrogens with zero attached hydrogens (tertiary/aromatic N) is 3. The number of amides is 1. The molecule has 4 N–H and O–H groups in total. The van der Waals surface area contributed by atoms with E-state index in [4.69, 9.17) is 9.94 Å². The number of hydroxylamine groups is 1. The van der Waals surface area contributed by atoms with Crippen molar-refractivity contribution < 1.29 is 19.5 Å². The number of anilines is 1. The third-order valence-corrected chi connectivity index (χ3v) is 7.53. The number of carbonyl (C=O) groups is 2. The van der Waals surface area contributed by atoms with Crippen molar-refractivity contribution in [1.82, 2.24) is 26.1 Å². The van der Waals surface area contributed by atoms with Crippen LogP contribution in [0.1, 0.15) is 80.3 Å². The van der Waals surface area contributed by atoms with E-state index in [0.717, 1.165) is 70.1 Å². The summed E-state index contributed by atoms with van der Waals surface area (Å²) in [5.74, 6) is 0.269. The topological polar surface area (TPSA) is 129 Å². The molecule has 0 bridgehead atoms. The Bertz CT molecular complexity index is 1050. The SMILES string of the molecule is CC(C)C[C@@H](NCc1ccc(CNC2CCN(c3ncc(C(=O)NO)cn3)CC2)cc1)C(=O)OC1CCCC1. The van der Waals surface area contributed by atoms with Gasteiger partial charge in [-0.3, -0.25) is 14.8 Å². The molecule has 2 aromatic rings. The minimum absolute atomic E-state index is 0.0926. The number of hydrogen-bond acceptors (Lipinski definition) is 9. The van der Waals surface area contributed by atoms with Crippen molar-refractivity contribution in [3.8, 4) is 0 Å². The summed E-state index contributed by atoms with van der Waals surface area (Å²) in [6.45, 7) is 7.36. The zero-order valence-electron chi connectivity index (χ0n) is 23.1. The maximum atomic E-state index is 12.8. The fourth-order valence-electron chi connectivity index (χ4n) is 5.22. The summed E-state index contributed by atoms with van der Waals surface area (Å²) in [6.07, 6.45) is 9.93. The molecule has 2 heterocycles. The number of piperidine rings is 1. The Balaban J connectivity index is 1.19. The normalized spacial score (nSPS) is 17.4. The van der Waals surface area contributed by atoms with Crippen molar-refractivity contribution in [2.45, 2.75) is 90.1 Å². The minimum atomic E-state index is -0.622. The molecule has 1 aliphatic heterocycles. The van der Waals surface area contributed by atoms with Crippen LogP contribution in [-0.4, -0.2) is 58.3 Å². The third kappa shape index (κ3) is 8.71. The molecule has 0 radical (unpaired) electrons. The van der Waals surface area contributed by atoms with Gasteiger partial charge in [0.15, 0.2) is 0 Å². The Morgan fingerprint density at radius 2 is 1.62 bits per heavy atom. The van der Waals surface area contributed by atoms with E-state index >= 15 is 0 Å². The van der Waals surface area contributed by atoms with Gasteiger partial charge >= 0.3 is 5.97 Å². The molecular weight excluding hydrogens is 496 g/mol. The molecule has 39 heavy (non-hydrogen) atoms. The number of aromatic nitrogens is 2. The Kier molecular flexibility index (Phi) is 10.6. The zero-order chi connectivity index (χ0) is 27.6. The average Bonchev–Trinajstić information content (AvgIpc) is 3.47. The van der Waals surface area contributed by atoms with Crippen molar-refractivity contribution >= 4 is 17.8 Å². The van der Waals surface area contributed by atoms with Crippen molar-refractivity contribution in [2.24, 2.45) is 5.92 Å². The highest BCUT2D eigenvalue weighted by atomic mass is 16.5. The first-order valence-corrected chi connectivity index (χ1v) is 14.2. The average molecular weight is 539 g/mol. The molecule has 10 nitrogen and oxygen atoms in total. The molecule has 4 rings (SSSR count). The van der Waals surface area contributed by atoms with Crippen LogP contribution in [0.15, 0.2) is 36.7 Å². The molecule has 1 aromatic heterocycles. The lowest BCUT2D eigenvalue weighted by Gasteiger charge is -2.32. The van der Waals surface area contributed by atoms with E-state index in [1.807, 2.05) is 0 Å². The van der Waals surface area contributed by atoms with Crippen molar-refractivity contribution in [2.75, 3.05) is 18.0 Å². The van der Waals surface area contributed by atoms with E-state index in [1.165, 1.54) is 18.0 Å². The Morgan fingerprint density at radius 1 is 1.00 bits per heavy atom. The predicted molar refractivity (Wildman–Crippen MR) is 148 cm³/mol. The van der Waals surface area contributed by atoms with E-state index in [1.54, 1.807) is 5.48 Å². The van der Waals surface area contributed by atoms with Gasteiger partial charge < -0.3 is 20.3 Å². The monoisotopic (exact) mass is 538 g/mol. The van der Waals surface area contributed by atoms with Crippen LogP contribution in [0.25, 0.3) is 0 Å². The standard InChI is InChI=1S/C29H42N6O4/c1-20(2)15-26(28(37)39-25-5-3-4-6-25)31-17-22-9-7-21(8-10-22)16-30-24-11-13-35(14-12-24)29-32-18-23(19-33-29)27(36)34-38/h7-10,18-20,24-26,30-31,38H,3-6,11-17H2,1-2H3,(H,34,36)/t26-/m1/s1. The molecule has 1 aromatic carbocycles. The van der Waals surface area contributed by atoms with E-state index in [9.17, 15) is 9.59 Å².